The predicted octanol–water partition coefficient (Wildman–Crippen LogP) is 5.04. The van der Waals surface area contributed by atoms with Crippen LogP contribution in [0.2, 0.25) is 0 Å². The number of rotatable bonds is 5. The summed E-state index contributed by atoms with van der Waals surface area (Å²) in [5, 5.41) is 8.06. The van der Waals surface area contributed by atoms with Gasteiger partial charge < -0.3 is 14.8 Å². The predicted molar refractivity (Wildman–Crippen MR) is 119 cm³/mol. The fraction of sp³-hybridized carbons (Fsp3) is 0.417. The number of nitrogens with zero attached hydrogens (tertiary/aromatic N) is 3. The third-order valence-electron chi connectivity index (χ3n) is 6.13. The molecule has 0 radical (unpaired) electrons. The molecule has 5 rings (SSSR count). The smallest absolute Gasteiger partial charge is 0.246 e. The molecule has 2 aliphatic rings. The zero-order chi connectivity index (χ0) is 20.2. The van der Waals surface area contributed by atoms with Crippen molar-refractivity contribution in [2.24, 2.45) is 0 Å². The first-order valence-corrected chi connectivity index (χ1v) is 10.9. The summed E-state index contributed by atoms with van der Waals surface area (Å²) in [6.45, 7) is 3.38. The standard InChI is InChI=1S/C24H28N4O2.H2/c1-2-4-23(5-3-1)28-17-25-24(27-28)26-22-15-20(18-6-10-29-11-7-18)14-21(16-22)19-8-12-30-13-9-19;/h1-5,14-19H,6-13H2,(H,26,27);1H. The highest BCUT2D eigenvalue weighted by molar-refractivity contribution is 5.57. The Morgan fingerprint density at radius 1 is 0.833 bits per heavy atom. The van der Waals surface area contributed by atoms with Crippen LogP contribution < -0.4 is 5.32 Å². The first-order valence-electron chi connectivity index (χ1n) is 10.9. The Labute approximate surface area is 178 Å². The molecule has 0 aliphatic carbocycles. The molecular formula is C24H30N4O2. The van der Waals surface area contributed by atoms with Crippen molar-refractivity contribution in [1.82, 2.24) is 14.8 Å². The van der Waals surface area contributed by atoms with Crippen LogP contribution >= 0.6 is 0 Å². The van der Waals surface area contributed by atoms with E-state index in [1.807, 2.05) is 30.3 Å². The Balaban J connectivity index is 0.00000231. The molecule has 2 aliphatic heterocycles. The van der Waals surface area contributed by atoms with Crippen molar-refractivity contribution < 1.29 is 10.9 Å². The summed E-state index contributed by atoms with van der Waals surface area (Å²) in [6.07, 6.45) is 6.07. The van der Waals surface area contributed by atoms with Gasteiger partial charge in [-0.25, -0.2) is 4.68 Å². The van der Waals surface area contributed by atoms with Gasteiger partial charge in [-0.3, -0.25) is 0 Å². The summed E-state index contributed by atoms with van der Waals surface area (Å²) in [7, 11) is 0. The van der Waals surface area contributed by atoms with Crippen LogP contribution in [0.1, 0.15) is 50.1 Å². The van der Waals surface area contributed by atoms with E-state index in [1.54, 1.807) is 11.0 Å². The molecule has 0 amide bonds. The highest BCUT2D eigenvalue weighted by Gasteiger charge is 2.21. The van der Waals surface area contributed by atoms with Gasteiger partial charge in [-0.2, -0.15) is 4.98 Å². The molecule has 0 bridgehead atoms. The van der Waals surface area contributed by atoms with E-state index in [1.165, 1.54) is 11.1 Å². The minimum absolute atomic E-state index is 0. The van der Waals surface area contributed by atoms with Gasteiger partial charge in [-0.15, -0.1) is 5.10 Å². The van der Waals surface area contributed by atoms with E-state index in [-0.39, 0.29) is 1.43 Å². The van der Waals surface area contributed by atoms with Crippen LogP contribution in [0.4, 0.5) is 11.6 Å². The van der Waals surface area contributed by atoms with Crippen molar-refractivity contribution in [2.45, 2.75) is 37.5 Å². The second-order valence-electron chi connectivity index (χ2n) is 8.13. The van der Waals surface area contributed by atoms with Crippen molar-refractivity contribution in [1.29, 1.82) is 0 Å². The van der Waals surface area contributed by atoms with Crippen LogP contribution in [0.3, 0.4) is 0 Å². The number of hydrogen-bond acceptors (Lipinski definition) is 5. The van der Waals surface area contributed by atoms with Crippen molar-refractivity contribution in [3.63, 3.8) is 0 Å². The van der Waals surface area contributed by atoms with Crippen molar-refractivity contribution >= 4 is 11.6 Å². The third-order valence-corrected chi connectivity index (χ3v) is 6.13. The van der Waals surface area contributed by atoms with Crippen molar-refractivity contribution in [3.05, 3.63) is 66.0 Å². The monoisotopic (exact) mass is 406 g/mol. The van der Waals surface area contributed by atoms with Crippen LogP contribution in [0, 0.1) is 0 Å². The zero-order valence-electron chi connectivity index (χ0n) is 17.2. The Hall–Kier alpha value is -2.70. The maximum Gasteiger partial charge on any atom is 0.246 e. The molecule has 1 N–H and O–H groups in total. The van der Waals surface area contributed by atoms with E-state index < -0.39 is 0 Å². The molecule has 3 aromatic rings. The maximum absolute atomic E-state index is 5.58. The Kier molecular flexibility index (Phi) is 5.77. The van der Waals surface area contributed by atoms with E-state index in [0.717, 1.165) is 63.5 Å². The lowest BCUT2D eigenvalue weighted by Crippen LogP contribution is -2.17. The highest BCUT2D eigenvalue weighted by Crippen LogP contribution is 2.35. The van der Waals surface area contributed by atoms with Gasteiger partial charge in [0.2, 0.25) is 5.95 Å². The molecule has 158 valence electrons. The second kappa shape index (κ2) is 8.98. The quantitative estimate of drug-likeness (QED) is 0.643. The zero-order valence-corrected chi connectivity index (χ0v) is 17.2. The van der Waals surface area contributed by atoms with E-state index in [9.17, 15) is 0 Å². The molecule has 2 fully saturated rings. The van der Waals surface area contributed by atoms with E-state index in [4.69, 9.17) is 9.47 Å². The minimum Gasteiger partial charge on any atom is -0.381 e. The number of benzene rings is 2. The average molecular weight is 407 g/mol. The minimum atomic E-state index is 0. The first kappa shape index (κ1) is 19.3. The molecule has 2 saturated heterocycles. The van der Waals surface area contributed by atoms with Gasteiger partial charge in [0.05, 0.1) is 5.69 Å². The van der Waals surface area contributed by atoms with Crippen LogP contribution in [0.5, 0.6) is 0 Å². The second-order valence-corrected chi connectivity index (χ2v) is 8.13. The van der Waals surface area contributed by atoms with Crippen molar-refractivity contribution in [3.8, 4) is 5.69 Å². The lowest BCUT2D eigenvalue weighted by Gasteiger charge is -2.27. The van der Waals surface area contributed by atoms with Crippen LogP contribution in [0.15, 0.2) is 54.9 Å². The largest absolute Gasteiger partial charge is 0.381 e. The first-order chi connectivity index (χ1) is 14.8. The number of anilines is 2. The fourth-order valence-electron chi connectivity index (χ4n) is 4.44. The Bertz CT molecular complexity index is 930. The van der Waals surface area contributed by atoms with Gasteiger partial charge in [-0.05, 0) is 72.9 Å². The molecule has 6 nitrogen and oxygen atoms in total. The lowest BCUT2D eigenvalue weighted by molar-refractivity contribution is 0.0841. The number of nitrogens with one attached hydrogen (secondary N) is 1. The third kappa shape index (κ3) is 4.40. The molecule has 6 heteroatoms. The normalized spacial score (nSPS) is 18.4. The SMILES string of the molecule is [HH].c1ccc(-n2cnc(Nc3cc(C4CCOCC4)cc(C4CCOCC4)c3)n2)cc1. The van der Waals surface area contributed by atoms with Crippen molar-refractivity contribution in [2.75, 3.05) is 31.7 Å². The van der Waals surface area contributed by atoms with Crippen LogP contribution in [0.25, 0.3) is 5.69 Å². The van der Waals surface area contributed by atoms with Gasteiger partial charge in [-0.1, -0.05) is 24.3 Å². The Morgan fingerprint density at radius 2 is 1.43 bits per heavy atom. The molecular weight excluding hydrogens is 376 g/mol. The molecule has 0 unspecified atom stereocenters. The maximum atomic E-state index is 5.58. The lowest BCUT2D eigenvalue weighted by atomic mass is 9.85. The van der Waals surface area contributed by atoms with E-state index >= 15 is 0 Å². The Morgan fingerprint density at radius 3 is 2.03 bits per heavy atom. The van der Waals surface area contributed by atoms with Gasteiger partial charge in [0, 0.05) is 33.5 Å². The number of aromatic nitrogens is 3. The molecule has 0 saturated carbocycles. The number of ether oxygens (including phenoxy) is 2. The van der Waals surface area contributed by atoms with Gasteiger partial charge >= 0.3 is 0 Å². The van der Waals surface area contributed by atoms with Crippen LogP contribution in [-0.4, -0.2) is 41.2 Å². The number of hydrogen-bond donors (Lipinski definition) is 1. The summed E-state index contributed by atoms with van der Waals surface area (Å²) < 4.78 is 13.0. The average Bonchev–Trinajstić information content (AvgIpc) is 3.29. The highest BCUT2D eigenvalue weighted by atomic mass is 16.5. The molecule has 0 atom stereocenters. The van der Waals surface area contributed by atoms with E-state index in [2.05, 4.69) is 33.6 Å². The molecule has 0 spiro atoms. The van der Waals surface area contributed by atoms with Crippen LogP contribution in [-0.2, 0) is 9.47 Å². The summed E-state index contributed by atoms with van der Waals surface area (Å²) in [6, 6.07) is 17.0. The van der Waals surface area contributed by atoms with E-state index in [0.29, 0.717) is 17.8 Å². The fourth-order valence-corrected chi connectivity index (χ4v) is 4.44. The summed E-state index contributed by atoms with van der Waals surface area (Å²) >= 11 is 0. The van der Waals surface area contributed by atoms with Gasteiger partial charge in [0.25, 0.3) is 0 Å². The molecule has 30 heavy (non-hydrogen) atoms. The topological polar surface area (TPSA) is 61.2 Å². The number of para-hydroxylation sites is 1. The summed E-state index contributed by atoms with van der Waals surface area (Å²) in [4.78, 5) is 4.47. The summed E-state index contributed by atoms with van der Waals surface area (Å²) in [5.41, 5.74) is 4.85. The molecule has 1 aromatic heterocycles. The molecule has 3 heterocycles. The van der Waals surface area contributed by atoms with Gasteiger partial charge in [0.15, 0.2) is 0 Å². The molecule has 2 aromatic carbocycles. The summed E-state index contributed by atoms with van der Waals surface area (Å²) in [5.74, 6) is 1.71. The van der Waals surface area contributed by atoms with Gasteiger partial charge in [0.1, 0.15) is 6.33 Å².